The van der Waals surface area contributed by atoms with Gasteiger partial charge in [-0.25, -0.2) is 4.79 Å². The van der Waals surface area contributed by atoms with Crippen molar-refractivity contribution in [1.29, 1.82) is 0 Å². The number of hydrogen-bond donors (Lipinski definition) is 0. The van der Waals surface area contributed by atoms with Crippen LogP contribution in [-0.4, -0.2) is 78.9 Å². The highest BCUT2D eigenvalue weighted by atomic mass is 79.9. The molecule has 0 N–H and O–H groups in total. The zero-order chi connectivity index (χ0) is 22.5. The highest BCUT2D eigenvalue weighted by Gasteiger charge is 2.41. The molecular formula is C20H21BrN2O7S. The van der Waals surface area contributed by atoms with Crippen molar-refractivity contribution < 1.29 is 33.4 Å². The van der Waals surface area contributed by atoms with E-state index in [-0.39, 0.29) is 17.4 Å². The van der Waals surface area contributed by atoms with Gasteiger partial charge in [0.05, 0.1) is 29.7 Å². The summed E-state index contributed by atoms with van der Waals surface area (Å²) in [6.45, 7) is 3.48. The average Bonchev–Trinajstić information content (AvgIpc) is 3.05. The fraction of sp³-hybridized carbons (Fsp3) is 0.400. The highest BCUT2D eigenvalue weighted by molar-refractivity contribution is 9.10. The van der Waals surface area contributed by atoms with Gasteiger partial charge in [-0.15, -0.1) is 0 Å². The first kappa shape index (κ1) is 23.3. The van der Waals surface area contributed by atoms with E-state index in [1.807, 2.05) is 0 Å². The lowest BCUT2D eigenvalue weighted by Crippen LogP contribution is -2.43. The predicted molar refractivity (Wildman–Crippen MR) is 116 cm³/mol. The zero-order valence-electron chi connectivity index (χ0n) is 17.0. The number of halogens is 1. The molecule has 2 aliphatic heterocycles. The summed E-state index contributed by atoms with van der Waals surface area (Å²) in [4.78, 5) is 51.5. The van der Waals surface area contributed by atoms with Crippen LogP contribution in [0.4, 0.5) is 4.79 Å². The third-order valence-corrected chi connectivity index (χ3v) is 6.23. The molecule has 0 aliphatic carbocycles. The van der Waals surface area contributed by atoms with Crippen LogP contribution in [0.15, 0.2) is 27.6 Å². The quantitative estimate of drug-likeness (QED) is 0.422. The molecule has 0 radical (unpaired) electrons. The van der Waals surface area contributed by atoms with Crippen LogP contribution >= 0.6 is 27.7 Å². The molecule has 2 fully saturated rings. The Morgan fingerprint density at radius 3 is 2.65 bits per heavy atom. The SMILES string of the molecule is COC(=O)[C@@H](C)N1C(=O)S/C(=C/c2ccc(OCC(=O)N3CCOCC3)c(Br)c2)C1=O. The first-order valence-corrected chi connectivity index (χ1v) is 11.1. The van der Waals surface area contributed by atoms with Gasteiger partial charge in [0.2, 0.25) is 0 Å². The van der Waals surface area contributed by atoms with Crippen LogP contribution in [0.25, 0.3) is 6.08 Å². The number of carbonyl (C=O) groups excluding carboxylic acids is 4. The van der Waals surface area contributed by atoms with Crippen LogP contribution in [0.1, 0.15) is 12.5 Å². The number of thioether (sulfide) groups is 1. The molecule has 31 heavy (non-hydrogen) atoms. The minimum atomic E-state index is -1.00. The largest absolute Gasteiger partial charge is 0.483 e. The fourth-order valence-electron chi connectivity index (χ4n) is 3.01. The van der Waals surface area contributed by atoms with Crippen molar-refractivity contribution in [2.24, 2.45) is 0 Å². The topological polar surface area (TPSA) is 102 Å². The molecule has 0 aromatic heterocycles. The second-order valence-corrected chi connectivity index (χ2v) is 8.57. The van der Waals surface area contributed by atoms with E-state index in [9.17, 15) is 19.2 Å². The van der Waals surface area contributed by atoms with E-state index >= 15 is 0 Å². The highest BCUT2D eigenvalue weighted by Crippen LogP contribution is 2.35. The van der Waals surface area contributed by atoms with Gasteiger partial charge in [0, 0.05) is 13.1 Å². The summed E-state index contributed by atoms with van der Waals surface area (Å²) in [5, 5.41) is -0.533. The lowest BCUT2D eigenvalue weighted by Gasteiger charge is -2.26. The van der Waals surface area contributed by atoms with Gasteiger partial charge in [-0.2, -0.15) is 0 Å². The molecule has 3 rings (SSSR count). The molecule has 0 spiro atoms. The van der Waals surface area contributed by atoms with Gasteiger partial charge in [-0.05, 0) is 58.4 Å². The summed E-state index contributed by atoms with van der Waals surface area (Å²) in [6, 6.07) is 4.09. The summed E-state index contributed by atoms with van der Waals surface area (Å²) in [5.41, 5.74) is 0.648. The lowest BCUT2D eigenvalue weighted by atomic mass is 10.2. The van der Waals surface area contributed by atoms with Crippen molar-refractivity contribution in [3.05, 3.63) is 33.1 Å². The van der Waals surface area contributed by atoms with Crippen LogP contribution in [0.2, 0.25) is 0 Å². The maximum absolute atomic E-state index is 12.6. The monoisotopic (exact) mass is 512 g/mol. The van der Waals surface area contributed by atoms with Gasteiger partial charge in [-0.1, -0.05) is 6.07 Å². The van der Waals surface area contributed by atoms with Crippen LogP contribution in [-0.2, 0) is 23.9 Å². The van der Waals surface area contributed by atoms with Gasteiger partial charge in [0.1, 0.15) is 11.8 Å². The average molecular weight is 513 g/mol. The molecule has 0 saturated carbocycles. The Labute approximate surface area is 191 Å². The summed E-state index contributed by atoms with van der Waals surface area (Å²) in [7, 11) is 1.20. The van der Waals surface area contributed by atoms with E-state index in [0.29, 0.717) is 42.1 Å². The minimum Gasteiger partial charge on any atom is -0.483 e. The number of amides is 3. The number of esters is 1. The van der Waals surface area contributed by atoms with Crippen LogP contribution in [0, 0.1) is 0 Å². The molecule has 2 saturated heterocycles. The van der Waals surface area contributed by atoms with E-state index < -0.39 is 23.2 Å². The number of rotatable bonds is 6. The van der Waals surface area contributed by atoms with Crippen LogP contribution < -0.4 is 4.74 Å². The third kappa shape index (κ3) is 5.46. The van der Waals surface area contributed by atoms with E-state index in [1.165, 1.54) is 14.0 Å². The molecule has 1 atom stereocenters. The molecule has 0 bridgehead atoms. The first-order chi connectivity index (χ1) is 14.8. The van der Waals surface area contributed by atoms with Gasteiger partial charge < -0.3 is 19.1 Å². The van der Waals surface area contributed by atoms with Gasteiger partial charge >= 0.3 is 5.97 Å². The van der Waals surface area contributed by atoms with Crippen LogP contribution in [0.5, 0.6) is 5.75 Å². The number of nitrogens with zero attached hydrogens (tertiary/aromatic N) is 2. The molecular weight excluding hydrogens is 492 g/mol. The summed E-state index contributed by atoms with van der Waals surface area (Å²) >= 11 is 4.16. The maximum Gasteiger partial charge on any atom is 0.328 e. The lowest BCUT2D eigenvalue weighted by molar-refractivity contribution is -0.148. The summed E-state index contributed by atoms with van der Waals surface area (Å²) in [6.07, 6.45) is 1.56. The molecule has 1 aromatic rings. The minimum absolute atomic E-state index is 0.0950. The second kappa shape index (κ2) is 10.3. The smallest absolute Gasteiger partial charge is 0.328 e. The molecule has 166 valence electrons. The zero-order valence-corrected chi connectivity index (χ0v) is 19.4. The summed E-state index contributed by atoms with van der Waals surface area (Å²) < 4.78 is 16.1. The fourth-order valence-corrected chi connectivity index (χ4v) is 4.43. The number of methoxy groups -OCH3 is 1. The molecule has 9 nitrogen and oxygen atoms in total. The third-order valence-electron chi connectivity index (χ3n) is 4.72. The number of ether oxygens (including phenoxy) is 3. The van der Waals surface area contributed by atoms with Gasteiger partial charge in [0.15, 0.2) is 6.61 Å². The Morgan fingerprint density at radius 1 is 1.29 bits per heavy atom. The Morgan fingerprint density at radius 2 is 2.00 bits per heavy atom. The van der Waals surface area contributed by atoms with E-state index in [2.05, 4.69) is 20.7 Å². The molecule has 3 amide bonds. The number of carbonyl (C=O) groups is 4. The van der Waals surface area contributed by atoms with Crippen molar-refractivity contribution in [2.75, 3.05) is 40.0 Å². The predicted octanol–water partition coefficient (Wildman–Crippen LogP) is 2.28. The van der Waals surface area contributed by atoms with Crippen molar-refractivity contribution >= 4 is 56.8 Å². The number of imide groups is 1. The second-order valence-electron chi connectivity index (χ2n) is 6.72. The Kier molecular flexibility index (Phi) is 7.74. The Balaban J connectivity index is 1.66. The van der Waals surface area contributed by atoms with Crippen molar-refractivity contribution in [2.45, 2.75) is 13.0 Å². The van der Waals surface area contributed by atoms with Crippen molar-refractivity contribution in [3.8, 4) is 5.75 Å². The van der Waals surface area contributed by atoms with E-state index in [0.717, 1.165) is 16.7 Å². The van der Waals surface area contributed by atoms with Crippen LogP contribution in [0.3, 0.4) is 0 Å². The molecule has 0 unspecified atom stereocenters. The van der Waals surface area contributed by atoms with E-state index in [1.54, 1.807) is 29.2 Å². The Bertz CT molecular complexity index is 930. The van der Waals surface area contributed by atoms with Crippen molar-refractivity contribution in [3.63, 3.8) is 0 Å². The number of hydrogen-bond acceptors (Lipinski definition) is 8. The summed E-state index contributed by atoms with van der Waals surface area (Å²) in [5.74, 6) is -0.862. The molecule has 2 heterocycles. The number of morpholine rings is 1. The van der Waals surface area contributed by atoms with Gasteiger partial charge in [0.25, 0.3) is 17.1 Å². The molecule has 2 aliphatic rings. The maximum atomic E-state index is 12.6. The standard InChI is InChI=1S/C20H21BrN2O7S/c1-12(19(26)28-2)23-18(25)16(31-20(23)27)10-13-3-4-15(14(21)9-13)30-11-17(24)22-5-7-29-8-6-22/h3-4,9-10,12H,5-8,11H2,1-2H3/b16-10+/t12-/m1/s1. The molecule has 11 heteroatoms. The molecule has 1 aromatic carbocycles. The van der Waals surface area contributed by atoms with E-state index in [4.69, 9.17) is 9.47 Å². The normalized spacial score (nSPS) is 19.0. The van der Waals surface area contributed by atoms with Crippen molar-refractivity contribution in [1.82, 2.24) is 9.80 Å². The first-order valence-electron chi connectivity index (χ1n) is 9.44. The number of benzene rings is 1. The van der Waals surface area contributed by atoms with Gasteiger partial charge in [-0.3, -0.25) is 19.3 Å². The Hall–Kier alpha value is -2.37.